The Morgan fingerprint density at radius 2 is 1.80 bits per heavy atom. The minimum Gasteiger partial charge on any atom is -0.490 e. The summed E-state index contributed by atoms with van der Waals surface area (Å²) in [5, 5.41) is 0. The molecular formula is C17H26O3. The van der Waals surface area contributed by atoms with Gasteiger partial charge < -0.3 is 9.47 Å². The molecule has 1 aromatic rings. The summed E-state index contributed by atoms with van der Waals surface area (Å²) in [6, 6.07) is 8.06. The fraction of sp³-hybridized carbons (Fsp3) is 0.588. The smallest absolute Gasteiger partial charge is 0.306 e. The van der Waals surface area contributed by atoms with Crippen LogP contribution in [0.2, 0.25) is 0 Å². The van der Waals surface area contributed by atoms with Gasteiger partial charge in [0.05, 0.1) is 0 Å². The molecule has 3 heteroatoms. The van der Waals surface area contributed by atoms with Gasteiger partial charge in [-0.2, -0.15) is 0 Å². The molecule has 0 fully saturated rings. The lowest BCUT2D eigenvalue weighted by Crippen LogP contribution is -2.21. The fourth-order valence-electron chi connectivity index (χ4n) is 1.79. The van der Waals surface area contributed by atoms with E-state index in [0.717, 1.165) is 12.2 Å². The van der Waals surface area contributed by atoms with Crippen LogP contribution in [0.1, 0.15) is 53.0 Å². The zero-order chi connectivity index (χ0) is 15.2. The van der Waals surface area contributed by atoms with Crippen LogP contribution in [0.4, 0.5) is 0 Å². The maximum Gasteiger partial charge on any atom is 0.306 e. The topological polar surface area (TPSA) is 35.5 Å². The zero-order valence-electron chi connectivity index (χ0n) is 13.2. The Hall–Kier alpha value is -1.51. The minimum atomic E-state index is -0.226. The average Bonchev–Trinajstić information content (AvgIpc) is 2.36. The predicted octanol–water partition coefficient (Wildman–Crippen LogP) is 4.09. The van der Waals surface area contributed by atoms with Crippen LogP contribution in [0.25, 0.3) is 0 Å². The molecule has 0 spiro atoms. The summed E-state index contributed by atoms with van der Waals surface area (Å²) in [5.74, 6) is 0.642. The van der Waals surface area contributed by atoms with Gasteiger partial charge in [0.15, 0.2) is 0 Å². The lowest BCUT2D eigenvalue weighted by molar-refractivity contribution is -0.149. The van der Waals surface area contributed by atoms with E-state index in [1.54, 1.807) is 0 Å². The van der Waals surface area contributed by atoms with Crippen LogP contribution >= 0.6 is 0 Å². The highest BCUT2D eigenvalue weighted by Crippen LogP contribution is 2.24. The molecule has 0 aliphatic heterocycles. The largest absolute Gasteiger partial charge is 0.490 e. The van der Waals surface area contributed by atoms with Crippen molar-refractivity contribution < 1.29 is 14.3 Å². The van der Waals surface area contributed by atoms with Crippen molar-refractivity contribution in [3.8, 4) is 5.75 Å². The molecule has 20 heavy (non-hydrogen) atoms. The van der Waals surface area contributed by atoms with Crippen molar-refractivity contribution in [1.29, 1.82) is 0 Å². The third-order valence-electron chi connectivity index (χ3n) is 2.99. The summed E-state index contributed by atoms with van der Waals surface area (Å²) in [5.41, 5.74) is 1.41. The van der Waals surface area contributed by atoms with Crippen LogP contribution in [0.15, 0.2) is 24.3 Å². The molecule has 0 unspecified atom stereocenters. The molecule has 0 amide bonds. The van der Waals surface area contributed by atoms with Gasteiger partial charge >= 0.3 is 5.97 Å². The molecule has 3 nitrogen and oxygen atoms in total. The molecule has 1 aromatic carbocycles. The van der Waals surface area contributed by atoms with Gasteiger partial charge in [-0.25, -0.2) is 0 Å². The Morgan fingerprint density at radius 3 is 2.30 bits per heavy atom. The van der Waals surface area contributed by atoms with Crippen molar-refractivity contribution in [2.75, 3.05) is 6.61 Å². The molecule has 0 bridgehead atoms. The number of ether oxygens (including phenoxy) is 2. The van der Waals surface area contributed by atoms with E-state index in [1.165, 1.54) is 5.56 Å². The summed E-state index contributed by atoms with van der Waals surface area (Å²) in [6.45, 7) is 10.7. The number of rotatable bonds is 6. The summed E-state index contributed by atoms with van der Waals surface area (Å²) >= 11 is 0. The van der Waals surface area contributed by atoms with Crippen LogP contribution in [0, 0.1) is 0 Å². The molecule has 1 atom stereocenters. The quantitative estimate of drug-likeness (QED) is 0.735. The number of carbonyl (C=O) groups is 1. The average molecular weight is 278 g/mol. The highest BCUT2D eigenvalue weighted by atomic mass is 16.6. The maximum atomic E-state index is 11.3. The number of hydrogen-bond acceptors (Lipinski definition) is 3. The van der Waals surface area contributed by atoms with Crippen LogP contribution in [0.5, 0.6) is 5.75 Å². The first-order valence-corrected chi connectivity index (χ1v) is 7.25. The molecule has 1 rings (SSSR count). The SMILES string of the molecule is CCCC(=O)O[C@@H](C)COc1ccc(C(C)(C)C)cc1. The van der Waals surface area contributed by atoms with Gasteiger partial charge in [0.2, 0.25) is 0 Å². The fourth-order valence-corrected chi connectivity index (χ4v) is 1.79. The molecular weight excluding hydrogens is 252 g/mol. The van der Waals surface area contributed by atoms with Crippen molar-refractivity contribution in [2.45, 2.75) is 59.0 Å². The first kappa shape index (κ1) is 16.5. The van der Waals surface area contributed by atoms with Crippen LogP contribution < -0.4 is 4.74 Å². The van der Waals surface area contributed by atoms with E-state index in [1.807, 2.05) is 26.0 Å². The Balaban J connectivity index is 2.44. The monoisotopic (exact) mass is 278 g/mol. The summed E-state index contributed by atoms with van der Waals surface area (Å²) in [6.07, 6.45) is 1.04. The van der Waals surface area contributed by atoms with Gasteiger partial charge in [-0.15, -0.1) is 0 Å². The minimum absolute atomic E-state index is 0.140. The first-order valence-electron chi connectivity index (χ1n) is 7.25. The molecule has 0 saturated carbocycles. The van der Waals surface area contributed by atoms with Crippen LogP contribution in [0.3, 0.4) is 0 Å². The number of esters is 1. The molecule has 0 heterocycles. The Kier molecular flexibility index (Phi) is 6.05. The highest BCUT2D eigenvalue weighted by Gasteiger charge is 2.13. The van der Waals surface area contributed by atoms with Gasteiger partial charge in [0, 0.05) is 6.42 Å². The van der Waals surface area contributed by atoms with Gasteiger partial charge in [0.25, 0.3) is 0 Å². The van der Waals surface area contributed by atoms with E-state index >= 15 is 0 Å². The molecule has 0 aliphatic rings. The second-order valence-electron chi connectivity index (χ2n) is 6.14. The van der Waals surface area contributed by atoms with E-state index in [4.69, 9.17) is 9.47 Å². The Morgan fingerprint density at radius 1 is 1.20 bits per heavy atom. The third-order valence-corrected chi connectivity index (χ3v) is 2.99. The van der Waals surface area contributed by atoms with Crippen LogP contribution in [-0.2, 0) is 14.9 Å². The zero-order valence-corrected chi connectivity index (χ0v) is 13.2. The summed E-state index contributed by atoms with van der Waals surface area (Å²) in [4.78, 5) is 11.3. The van der Waals surface area contributed by atoms with Crippen molar-refractivity contribution in [3.63, 3.8) is 0 Å². The first-order chi connectivity index (χ1) is 9.32. The van der Waals surface area contributed by atoms with Crippen molar-refractivity contribution in [3.05, 3.63) is 29.8 Å². The van der Waals surface area contributed by atoms with E-state index in [9.17, 15) is 4.79 Å². The van der Waals surface area contributed by atoms with E-state index in [-0.39, 0.29) is 17.5 Å². The standard InChI is InChI=1S/C17H26O3/c1-6-7-16(18)20-13(2)12-19-15-10-8-14(9-11-15)17(3,4)5/h8-11,13H,6-7,12H2,1-5H3/t13-/m0/s1. The van der Waals surface area contributed by atoms with Crippen molar-refractivity contribution in [2.24, 2.45) is 0 Å². The highest BCUT2D eigenvalue weighted by molar-refractivity contribution is 5.69. The molecule has 112 valence electrons. The Labute approximate surface area is 122 Å². The van der Waals surface area contributed by atoms with E-state index < -0.39 is 0 Å². The van der Waals surface area contributed by atoms with E-state index in [0.29, 0.717) is 13.0 Å². The second-order valence-corrected chi connectivity index (χ2v) is 6.14. The van der Waals surface area contributed by atoms with Gasteiger partial charge in [-0.3, -0.25) is 4.79 Å². The number of hydrogen-bond donors (Lipinski definition) is 0. The van der Waals surface area contributed by atoms with E-state index in [2.05, 4.69) is 32.9 Å². The lowest BCUT2D eigenvalue weighted by atomic mass is 9.87. The molecule has 0 aromatic heterocycles. The van der Waals surface area contributed by atoms with Crippen molar-refractivity contribution >= 4 is 5.97 Å². The third kappa shape index (κ3) is 5.64. The van der Waals surface area contributed by atoms with Gasteiger partial charge in [-0.05, 0) is 36.5 Å². The molecule has 0 aliphatic carbocycles. The normalized spacial score (nSPS) is 12.8. The predicted molar refractivity (Wildman–Crippen MR) is 81.1 cm³/mol. The number of carbonyl (C=O) groups excluding carboxylic acids is 1. The molecule has 0 radical (unpaired) electrons. The summed E-state index contributed by atoms with van der Waals surface area (Å²) < 4.78 is 10.9. The van der Waals surface area contributed by atoms with Gasteiger partial charge in [-0.1, -0.05) is 39.8 Å². The lowest BCUT2D eigenvalue weighted by Gasteiger charge is -2.19. The second kappa shape index (κ2) is 7.32. The molecule has 0 N–H and O–H groups in total. The number of benzene rings is 1. The van der Waals surface area contributed by atoms with Crippen molar-refractivity contribution in [1.82, 2.24) is 0 Å². The maximum absolute atomic E-state index is 11.3. The van der Waals surface area contributed by atoms with Gasteiger partial charge in [0.1, 0.15) is 18.5 Å². The van der Waals surface area contributed by atoms with Crippen LogP contribution in [-0.4, -0.2) is 18.7 Å². The summed E-state index contributed by atoms with van der Waals surface area (Å²) in [7, 11) is 0. The Bertz CT molecular complexity index is 415. The molecule has 0 saturated heterocycles.